The van der Waals surface area contributed by atoms with E-state index < -0.39 is 18.0 Å². The van der Waals surface area contributed by atoms with Crippen LogP contribution in [-0.2, 0) is 14.3 Å². The molecule has 0 saturated carbocycles. The number of nitrogens with one attached hydrogen (secondary N) is 2. The van der Waals surface area contributed by atoms with Crippen LogP contribution < -0.4 is 10.6 Å². The Labute approximate surface area is 125 Å². The lowest BCUT2D eigenvalue weighted by molar-refractivity contribution is -0.149. The van der Waals surface area contributed by atoms with Crippen molar-refractivity contribution in [3.63, 3.8) is 0 Å². The van der Waals surface area contributed by atoms with Crippen LogP contribution in [-0.4, -0.2) is 48.4 Å². The molecule has 7 nitrogen and oxygen atoms in total. The minimum atomic E-state index is -1.41. The van der Waals surface area contributed by atoms with Gasteiger partial charge in [0.1, 0.15) is 0 Å². The van der Waals surface area contributed by atoms with Gasteiger partial charge in [-0.1, -0.05) is 0 Å². The second-order valence-corrected chi connectivity index (χ2v) is 5.31. The first-order chi connectivity index (χ1) is 10.0. The van der Waals surface area contributed by atoms with E-state index in [0.29, 0.717) is 17.0 Å². The number of carbonyl (C=O) groups is 3. The monoisotopic (exact) mass is 310 g/mol. The highest BCUT2D eigenvalue weighted by atomic mass is 32.2. The first-order valence-corrected chi connectivity index (χ1v) is 7.10. The van der Waals surface area contributed by atoms with E-state index in [9.17, 15) is 19.5 Å². The largest absolute Gasteiger partial charge is 0.467 e. The van der Waals surface area contributed by atoms with Gasteiger partial charge in [0, 0.05) is 10.5 Å². The molecule has 21 heavy (non-hydrogen) atoms. The number of amides is 2. The fraction of sp³-hybridized carbons (Fsp3) is 0.308. The average Bonchev–Trinajstić information content (AvgIpc) is 2.50. The zero-order valence-electron chi connectivity index (χ0n) is 11.2. The summed E-state index contributed by atoms with van der Waals surface area (Å²) >= 11 is 1.40. The van der Waals surface area contributed by atoms with E-state index in [1.165, 1.54) is 11.8 Å². The van der Waals surface area contributed by atoms with Crippen molar-refractivity contribution in [3.05, 3.63) is 23.8 Å². The molecule has 3 N–H and O–H groups in total. The third-order valence-corrected chi connectivity index (χ3v) is 3.88. The predicted octanol–water partition coefficient (Wildman–Crippen LogP) is -0.00550. The first kappa shape index (κ1) is 15.3. The molecule has 1 unspecified atom stereocenters. The highest BCUT2D eigenvalue weighted by Crippen LogP contribution is 2.31. The van der Waals surface area contributed by atoms with E-state index in [1.54, 1.807) is 18.2 Å². The van der Waals surface area contributed by atoms with Crippen molar-refractivity contribution in [1.82, 2.24) is 5.32 Å². The van der Waals surface area contributed by atoms with Gasteiger partial charge in [-0.2, -0.15) is 0 Å². The molecule has 0 bridgehead atoms. The molecule has 1 heterocycles. The van der Waals surface area contributed by atoms with Crippen molar-refractivity contribution in [1.29, 1.82) is 0 Å². The first-order valence-electron chi connectivity index (χ1n) is 6.12. The van der Waals surface area contributed by atoms with Gasteiger partial charge in [-0.3, -0.25) is 9.59 Å². The summed E-state index contributed by atoms with van der Waals surface area (Å²) in [4.78, 5) is 35.2. The Morgan fingerprint density at radius 3 is 3.00 bits per heavy atom. The fourth-order valence-electron chi connectivity index (χ4n) is 1.74. The van der Waals surface area contributed by atoms with Crippen LogP contribution in [0.15, 0.2) is 23.1 Å². The summed E-state index contributed by atoms with van der Waals surface area (Å²) in [5, 5.41) is 14.5. The molecule has 0 spiro atoms. The molecule has 2 amide bonds. The molecule has 1 atom stereocenters. The normalized spacial score (nSPS) is 14.7. The molecule has 0 radical (unpaired) electrons. The van der Waals surface area contributed by atoms with E-state index >= 15 is 0 Å². The van der Waals surface area contributed by atoms with Crippen LogP contribution in [0.4, 0.5) is 5.69 Å². The van der Waals surface area contributed by atoms with Crippen LogP contribution in [0.5, 0.6) is 0 Å². The van der Waals surface area contributed by atoms with Gasteiger partial charge in [0.15, 0.2) is 6.10 Å². The molecular formula is C13H14N2O5S. The van der Waals surface area contributed by atoms with Crippen molar-refractivity contribution < 1.29 is 24.2 Å². The number of fused-ring (bicyclic) bond motifs is 1. The van der Waals surface area contributed by atoms with Gasteiger partial charge >= 0.3 is 5.97 Å². The van der Waals surface area contributed by atoms with E-state index in [2.05, 4.69) is 15.4 Å². The quantitative estimate of drug-likeness (QED) is 0.676. The van der Waals surface area contributed by atoms with Gasteiger partial charge in [-0.25, -0.2) is 4.79 Å². The van der Waals surface area contributed by atoms with Gasteiger partial charge in [0.05, 0.1) is 25.1 Å². The van der Waals surface area contributed by atoms with Gasteiger partial charge in [0.25, 0.3) is 5.91 Å². The number of hydrogen-bond acceptors (Lipinski definition) is 6. The Balaban J connectivity index is 2.01. The number of rotatable bonds is 4. The van der Waals surface area contributed by atoms with Crippen LogP contribution in [0.1, 0.15) is 10.4 Å². The number of hydrogen-bond donors (Lipinski definition) is 3. The molecule has 0 saturated heterocycles. The second kappa shape index (κ2) is 6.59. The van der Waals surface area contributed by atoms with Crippen molar-refractivity contribution in [3.8, 4) is 0 Å². The lowest BCUT2D eigenvalue weighted by Crippen LogP contribution is -2.37. The second-order valence-electron chi connectivity index (χ2n) is 4.30. The maximum absolute atomic E-state index is 11.9. The van der Waals surface area contributed by atoms with Gasteiger partial charge in [-0.05, 0) is 18.2 Å². The van der Waals surface area contributed by atoms with Crippen molar-refractivity contribution in [2.24, 2.45) is 0 Å². The van der Waals surface area contributed by atoms with Crippen LogP contribution in [0, 0.1) is 0 Å². The Hall–Kier alpha value is -2.06. The van der Waals surface area contributed by atoms with Crippen molar-refractivity contribution in [2.45, 2.75) is 11.0 Å². The number of methoxy groups -OCH3 is 1. The van der Waals surface area contributed by atoms with E-state index in [1.807, 2.05) is 0 Å². The third-order valence-electron chi connectivity index (χ3n) is 2.80. The van der Waals surface area contributed by atoms with Crippen LogP contribution in [0.2, 0.25) is 0 Å². The number of anilines is 1. The molecule has 8 heteroatoms. The van der Waals surface area contributed by atoms with Gasteiger partial charge < -0.3 is 20.5 Å². The van der Waals surface area contributed by atoms with Crippen LogP contribution in [0.3, 0.4) is 0 Å². The summed E-state index contributed by atoms with van der Waals surface area (Å²) in [6.07, 6.45) is -1.41. The molecule has 2 rings (SSSR count). The van der Waals surface area contributed by atoms with Gasteiger partial charge in [0.2, 0.25) is 5.91 Å². The number of esters is 1. The molecule has 1 aromatic rings. The summed E-state index contributed by atoms with van der Waals surface area (Å²) in [6, 6.07) is 4.91. The summed E-state index contributed by atoms with van der Waals surface area (Å²) in [5.41, 5.74) is 0.908. The van der Waals surface area contributed by atoms with E-state index in [4.69, 9.17) is 0 Å². The molecule has 1 aromatic carbocycles. The Morgan fingerprint density at radius 1 is 1.52 bits per heavy atom. The summed E-state index contributed by atoms with van der Waals surface area (Å²) in [5.74, 6) is -1.04. The Kier molecular flexibility index (Phi) is 4.81. The average molecular weight is 310 g/mol. The highest BCUT2D eigenvalue weighted by Gasteiger charge is 2.19. The summed E-state index contributed by atoms with van der Waals surface area (Å²) in [6.45, 7) is -0.246. The number of ether oxygens (including phenoxy) is 1. The van der Waals surface area contributed by atoms with E-state index in [0.717, 1.165) is 12.0 Å². The maximum Gasteiger partial charge on any atom is 0.336 e. The van der Waals surface area contributed by atoms with E-state index in [-0.39, 0.29) is 12.5 Å². The lowest BCUT2D eigenvalue weighted by Gasteiger charge is -2.17. The molecule has 0 aliphatic carbocycles. The van der Waals surface area contributed by atoms with Crippen LogP contribution >= 0.6 is 11.8 Å². The van der Waals surface area contributed by atoms with Gasteiger partial charge in [-0.15, -0.1) is 11.8 Å². The SMILES string of the molecule is COC(=O)C(O)CNC(=O)c1ccc2c(c1)NC(=O)CS2. The number of carbonyl (C=O) groups excluding carboxylic acids is 3. The van der Waals surface area contributed by atoms with Crippen molar-refractivity contribution >= 4 is 35.2 Å². The molecule has 0 aromatic heterocycles. The summed E-state index contributed by atoms with van der Waals surface area (Å²) in [7, 11) is 1.15. The minimum Gasteiger partial charge on any atom is -0.467 e. The Bertz CT molecular complexity index is 590. The molecule has 1 aliphatic rings. The molecular weight excluding hydrogens is 296 g/mol. The lowest BCUT2D eigenvalue weighted by atomic mass is 10.1. The smallest absolute Gasteiger partial charge is 0.336 e. The zero-order valence-corrected chi connectivity index (χ0v) is 12.0. The predicted molar refractivity (Wildman–Crippen MR) is 76.2 cm³/mol. The summed E-state index contributed by atoms with van der Waals surface area (Å²) < 4.78 is 4.35. The zero-order chi connectivity index (χ0) is 15.4. The minimum absolute atomic E-state index is 0.119. The molecule has 112 valence electrons. The number of benzene rings is 1. The number of aliphatic hydroxyl groups is 1. The topological polar surface area (TPSA) is 105 Å². The number of thioether (sulfide) groups is 1. The fourth-order valence-corrected chi connectivity index (χ4v) is 2.52. The number of aliphatic hydroxyl groups excluding tert-OH is 1. The third kappa shape index (κ3) is 3.73. The molecule has 1 aliphatic heterocycles. The highest BCUT2D eigenvalue weighted by molar-refractivity contribution is 8.00. The van der Waals surface area contributed by atoms with Crippen LogP contribution in [0.25, 0.3) is 0 Å². The molecule has 0 fully saturated rings. The maximum atomic E-state index is 11.9. The van der Waals surface area contributed by atoms with Crippen molar-refractivity contribution in [2.75, 3.05) is 24.7 Å². The Morgan fingerprint density at radius 2 is 2.29 bits per heavy atom. The standard InChI is InChI=1S/C13H14N2O5S/c1-20-13(19)9(16)5-14-12(18)7-2-3-10-8(4-7)15-11(17)6-21-10/h2-4,9,16H,5-6H2,1H3,(H,14,18)(H,15,17).